The summed E-state index contributed by atoms with van der Waals surface area (Å²) in [6.07, 6.45) is 3.29. The zero-order chi connectivity index (χ0) is 15.6. The number of rotatable bonds is 8. The number of hydrogen-bond acceptors (Lipinski definition) is 4. The lowest BCUT2D eigenvalue weighted by molar-refractivity contribution is 0.393. The lowest BCUT2D eigenvalue weighted by Gasteiger charge is -2.21. The summed E-state index contributed by atoms with van der Waals surface area (Å²) in [4.78, 5) is 0.335. The van der Waals surface area contributed by atoms with Gasteiger partial charge in [-0.1, -0.05) is 20.3 Å². The number of aryl methyl sites for hydroxylation is 1. The van der Waals surface area contributed by atoms with Crippen LogP contribution >= 0.6 is 0 Å². The molecule has 120 valence electrons. The highest BCUT2D eigenvalue weighted by Gasteiger charge is 2.30. The molecule has 0 amide bonds. The molecule has 1 saturated carbocycles. The average molecular weight is 314 g/mol. The molecule has 0 bridgehead atoms. The van der Waals surface area contributed by atoms with Crippen molar-refractivity contribution < 1.29 is 8.42 Å². The Bertz CT molecular complexity index is 578. The molecule has 7 heteroatoms. The van der Waals surface area contributed by atoms with Gasteiger partial charge in [-0.2, -0.15) is 5.10 Å². The first-order valence-electron chi connectivity index (χ1n) is 7.59. The minimum Gasteiger partial charge on any atom is -0.308 e. The molecule has 6 nitrogen and oxygen atoms in total. The lowest BCUT2D eigenvalue weighted by Crippen LogP contribution is -2.32. The Hall–Kier alpha value is -0.920. The maximum atomic E-state index is 12.8. The van der Waals surface area contributed by atoms with Gasteiger partial charge in [-0.05, 0) is 25.7 Å². The van der Waals surface area contributed by atoms with Crippen molar-refractivity contribution in [2.75, 3.05) is 13.6 Å². The molecule has 0 radical (unpaired) electrons. The summed E-state index contributed by atoms with van der Waals surface area (Å²) >= 11 is 0. The van der Waals surface area contributed by atoms with Crippen LogP contribution in [0.15, 0.2) is 4.90 Å². The maximum Gasteiger partial charge on any atom is 0.246 e. The van der Waals surface area contributed by atoms with Gasteiger partial charge in [-0.15, -0.1) is 0 Å². The minimum atomic E-state index is -3.49. The normalized spacial score (nSPS) is 17.4. The number of hydrogen-bond donors (Lipinski definition) is 2. The fourth-order valence-electron chi connectivity index (χ4n) is 2.28. The van der Waals surface area contributed by atoms with Gasteiger partial charge in [0.25, 0.3) is 0 Å². The molecule has 1 unspecified atom stereocenters. The fraction of sp³-hybridized carbons (Fsp3) is 0.786. The van der Waals surface area contributed by atoms with E-state index in [1.54, 1.807) is 14.0 Å². The summed E-state index contributed by atoms with van der Waals surface area (Å²) in [5.41, 5.74) is 1.20. The van der Waals surface area contributed by atoms with Crippen LogP contribution < -0.4 is 5.32 Å². The van der Waals surface area contributed by atoms with E-state index in [0.29, 0.717) is 41.3 Å². The van der Waals surface area contributed by atoms with E-state index in [2.05, 4.69) is 29.4 Å². The van der Waals surface area contributed by atoms with Crippen molar-refractivity contribution in [3.63, 3.8) is 0 Å². The molecule has 1 fully saturated rings. The number of nitrogens with one attached hydrogen (secondary N) is 2. The molecule has 0 saturated heterocycles. The second-order valence-corrected chi connectivity index (χ2v) is 8.06. The predicted molar refractivity (Wildman–Crippen MR) is 82.5 cm³/mol. The molecular weight excluding hydrogens is 288 g/mol. The molecule has 1 heterocycles. The highest BCUT2D eigenvalue weighted by Crippen LogP contribution is 2.24. The van der Waals surface area contributed by atoms with Gasteiger partial charge in [0.15, 0.2) is 0 Å². The predicted octanol–water partition coefficient (Wildman–Crippen LogP) is 1.64. The van der Waals surface area contributed by atoms with Crippen LogP contribution in [-0.4, -0.2) is 42.6 Å². The lowest BCUT2D eigenvalue weighted by atomic mass is 10.1. The quantitative estimate of drug-likeness (QED) is 0.764. The second kappa shape index (κ2) is 6.46. The molecule has 2 rings (SSSR count). The molecule has 0 spiro atoms. The molecule has 1 atom stereocenters. The first kappa shape index (κ1) is 16.5. The van der Waals surface area contributed by atoms with Crippen LogP contribution in [-0.2, 0) is 16.6 Å². The van der Waals surface area contributed by atoms with Crippen LogP contribution in [0, 0.1) is 12.8 Å². The van der Waals surface area contributed by atoms with Gasteiger partial charge in [-0.3, -0.25) is 5.10 Å². The van der Waals surface area contributed by atoms with Crippen LogP contribution in [0.1, 0.15) is 44.5 Å². The molecule has 1 aromatic heterocycles. The monoisotopic (exact) mass is 314 g/mol. The maximum absolute atomic E-state index is 12.8. The second-order valence-electron chi connectivity index (χ2n) is 6.08. The van der Waals surface area contributed by atoms with Crippen LogP contribution in [0.3, 0.4) is 0 Å². The number of aromatic nitrogens is 2. The van der Waals surface area contributed by atoms with E-state index in [1.807, 2.05) is 0 Å². The first-order chi connectivity index (χ1) is 9.86. The topological polar surface area (TPSA) is 78.1 Å². The smallest absolute Gasteiger partial charge is 0.246 e. The summed E-state index contributed by atoms with van der Waals surface area (Å²) in [6.45, 7) is 6.92. The number of sulfonamides is 1. The summed E-state index contributed by atoms with van der Waals surface area (Å²) < 4.78 is 27.0. The van der Waals surface area contributed by atoms with Gasteiger partial charge in [0.1, 0.15) is 4.90 Å². The third kappa shape index (κ3) is 3.84. The molecular formula is C14H26N4O2S. The van der Waals surface area contributed by atoms with Gasteiger partial charge in [0.2, 0.25) is 10.0 Å². The number of H-pyrrole nitrogens is 1. The number of nitrogens with zero attached hydrogens (tertiary/aromatic N) is 2. The van der Waals surface area contributed by atoms with E-state index < -0.39 is 10.0 Å². The third-order valence-electron chi connectivity index (χ3n) is 4.03. The minimum absolute atomic E-state index is 0.335. The van der Waals surface area contributed by atoms with E-state index in [1.165, 1.54) is 17.1 Å². The SMILES string of the molecule is CCC(C)CN(C)S(=O)(=O)c1c(CNC2CC2)n[nH]c1C. The average Bonchev–Trinajstić information content (AvgIpc) is 3.18. The summed E-state index contributed by atoms with van der Waals surface area (Å²) in [6, 6.07) is 0.524. The van der Waals surface area contributed by atoms with Crippen LogP contribution in [0.4, 0.5) is 0 Å². The Morgan fingerprint density at radius 2 is 2.14 bits per heavy atom. The highest BCUT2D eigenvalue weighted by atomic mass is 32.2. The third-order valence-corrected chi connectivity index (χ3v) is 6.06. The van der Waals surface area contributed by atoms with E-state index >= 15 is 0 Å². The van der Waals surface area contributed by atoms with Gasteiger partial charge in [-0.25, -0.2) is 12.7 Å². The fourth-order valence-corrected chi connectivity index (χ4v) is 3.89. The summed E-state index contributed by atoms with van der Waals surface area (Å²) in [5.74, 6) is 0.338. The van der Waals surface area contributed by atoms with Crippen LogP contribution in [0.2, 0.25) is 0 Å². The van der Waals surface area contributed by atoms with E-state index in [9.17, 15) is 8.42 Å². The van der Waals surface area contributed by atoms with Gasteiger partial charge in [0, 0.05) is 26.2 Å². The summed E-state index contributed by atoms with van der Waals surface area (Å²) in [7, 11) is -1.85. The van der Waals surface area contributed by atoms with Gasteiger partial charge >= 0.3 is 0 Å². The Morgan fingerprint density at radius 3 is 2.71 bits per heavy atom. The molecule has 2 N–H and O–H groups in total. The largest absolute Gasteiger partial charge is 0.308 e. The molecule has 1 aliphatic rings. The van der Waals surface area contributed by atoms with Crippen molar-refractivity contribution in [3.8, 4) is 0 Å². The van der Waals surface area contributed by atoms with Crippen molar-refractivity contribution >= 4 is 10.0 Å². The number of aromatic amines is 1. The van der Waals surface area contributed by atoms with Crippen molar-refractivity contribution in [1.29, 1.82) is 0 Å². The Morgan fingerprint density at radius 1 is 1.48 bits per heavy atom. The molecule has 1 aromatic rings. The van der Waals surface area contributed by atoms with E-state index in [0.717, 1.165) is 6.42 Å². The Balaban J connectivity index is 2.19. The Kier molecular flexibility index (Phi) is 5.06. The zero-order valence-corrected chi connectivity index (χ0v) is 14.1. The van der Waals surface area contributed by atoms with Crippen molar-refractivity contribution in [2.24, 2.45) is 5.92 Å². The first-order valence-corrected chi connectivity index (χ1v) is 9.03. The van der Waals surface area contributed by atoms with E-state index in [4.69, 9.17) is 0 Å². The van der Waals surface area contributed by atoms with Gasteiger partial charge in [0.05, 0.1) is 11.4 Å². The Labute approximate surface area is 127 Å². The van der Waals surface area contributed by atoms with E-state index in [-0.39, 0.29) is 0 Å². The van der Waals surface area contributed by atoms with Gasteiger partial charge < -0.3 is 5.32 Å². The summed E-state index contributed by atoms with van der Waals surface area (Å²) in [5, 5.41) is 10.3. The van der Waals surface area contributed by atoms with Crippen molar-refractivity contribution in [1.82, 2.24) is 19.8 Å². The van der Waals surface area contributed by atoms with Crippen LogP contribution in [0.25, 0.3) is 0 Å². The molecule has 0 aromatic carbocycles. The van der Waals surface area contributed by atoms with Crippen LogP contribution in [0.5, 0.6) is 0 Å². The highest BCUT2D eigenvalue weighted by molar-refractivity contribution is 7.89. The molecule has 0 aliphatic heterocycles. The zero-order valence-electron chi connectivity index (χ0n) is 13.3. The molecule has 21 heavy (non-hydrogen) atoms. The molecule has 1 aliphatic carbocycles. The van der Waals surface area contributed by atoms with Crippen molar-refractivity contribution in [3.05, 3.63) is 11.4 Å². The standard InChI is InChI=1S/C14H26N4O2S/c1-5-10(2)9-18(4)21(19,20)14-11(3)16-17-13(14)8-15-12-6-7-12/h10,12,15H,5-9H2,1-4H3,(H,16,17). The van der Waals surface area contributed by atoms with Crippen molar-refractivity contribution in [2.45, 2.75) is 57.5 Å².